The Morgan fingerprint density at radius 3 is 1.95 bits per heavy atom. The molecule has 1 spiro atoms. The van der Waals surface area contributed by atoms with Crippen LogP contribution in [-0.2, 0) is 33.9 Å². The van der Waals surface area contributed by atoms with E-state index in [4.69, 9.17) is 0 Å². The SMILES string of the molecule is O=C(NCc1ccccc1)C1N([C@@H](CO)Cc2ccccc2)C(=O)[C@@H]2[C@H](C(=O)NCc3ccccc3)[C@H]3SC12CC3Br. The van der Waals surface area contributed by atoms with Crippen molar-refractivity contribution in [2.24, 2.45) is 11.8 Å². The van der Waals surface area contributed by atoms with Crippen molar-refractivity contribution in [2.45, 2.75) is 52.8 Å². The zero-order valence-electron chi connectivity index (χ0n) is 23.1. The van der Waals surface area contributed by atoms with Crippen LogP contribution in [0.15, 0.2) is 91.0 Å². The highest BCUT2D eigenvalue weighted by molar-refractivity contribution is 9.09. The summed E-state index contributed by atoms with van der Waals surface area (Å²) in [6.45, 7) is 0.406. The average molecular weight is 649 g/mol. The molecule has 3 aliphatic rings. The van der Waals surface area contributed by atoms with Gasteiger partial charge in [0.2, 0.25) is 17.7 Å². The predicted molar refractivity (Wildman–Crippen MR) is 167 cm³/mol. The van der Waals surface area contributed by atoms with E-state index in [1.807, 2.05) is 91.0 Å². The third-order valence-corrected chi connectivity index (χ3v) is 12.0. The minimum atomic E-state index is -0.818. The molecule has 42 heavy (non-hydrogen) atoms. The van der Waals surface area contributed by atoms with Gasteiger partial charge in [-0.25, -0.2) is 0 Å². The number of nitrogens with zero attached hydrogens (tertiary/aromatic N) is 1. The van der Waals surface area contributed by atoms with E-state index in [1.165, 1.54) is 0 Å². The van der Waals surface area contributed by atoms with Crippen LogP contribution in [0.3, 0.4) is 0 Å². The Kier molecular flexibility index (Phi) is 8.43. The van der Waals surface area contributed by atoms with Gasteiger partial charge >= 0.3 is 0 Å². The second-order valence-electron chi connectivity index (χ2n) is 11.3. The van der Waals surface area contributed by atoms with Crippen LogP contribution in [0.25, 0.3) is 0 Å². The van der Waals surface area contributed by atoms with Gasteiger partial charge in [0.25, 0.3) is 0 Å². The normalized spacial score (nSPS) is 28.4. The van der Waals surface area contributed by atoms with E-state index in [9.17, 15) is 19.5 Å². The Bertz CT molecular complexity index is 1430. The van der Waals surface area contributed by atoms with Gasteiger partial charge < -0.3 is 20.6 Å². The number of benzene rings is 3. The first-order valence-electron chi connectivity index (χ1n) is 14.3. The Hall–Kier alpha value is -3.14. The molecule has 3 unspecified atom stereocenters. The van der Waals surface area contributed by atoms with Gasteiger partial charge in [-0.05, 0) is 29.5 Å². The number of aliphatic hydroxyl groups is 1. The van der Waals surface area contributed by atoms with Crippen LogP contribution in [0.4, 0.5) is 0 Å². The van der Waals surface area contributed by atoms with Crippen LogP contribution in [-0.4, -0.2) is 61.2 Å². The highest BCUT2D eigenvalue weighted by Crippen LogP contribution is 2.68. The summed E-state index contributed by atoms with van der Waals surface area (Å²) < 4.78 is -0.782. The number of rotatable bonds is 10. The molecule has 0 radical (unpaired) electrons. The maximum atomic E-state index is 14.5. The monoisotopic (exact) mass is 647 g/mol. The van der Waals surface area contributed by atoms with Gasteiger partial charge in [0, 0.05) is 23.2 Å². The van der Waals surface area contributed by atoms with E-state index in [0.717, 1.165) is 16.7 Å². The Morgan fingerprint density at radius 1 is 0.881 bits per heavy atom. The number of aliphatic hydroxyl groups excluding tert-OH is 1. The molecule has 2 bridgehead atoms. The minimum absolute atomic E-state index is 0.0231. The quantitative estimate of drug-likeness (QED) is 0.292. The number of carbonyl (C=O) groups excluding carboxylic acids is 3. The minimum Gasteiger partial charge on any atom is -0.394 e. The van der Waals surface area contributed by atoms with E-state index in [2.05, 4.69) is 26.6 Å². The molecule has 7 nitrogen and oxygen atoms in total. The van der Waals surface area contributed by atoms with Gasteiger partial charge in [0.15, 0.2) is 0 Å². The Labute approximate surface area is 258 Å². The zero-order chi connectivity index (χ0) is 29.3. The summed E-state index contributed by atoms with van der Waals surface area (Å²) in [5, 5.41) is 16.6. The topological polar surface area (TPSA) is 98.7 Å². The number of hydrogen-bond donors (Lipinski definition) is 3. The van der Waals surface area contributed by atoms with E-state index in [0.29, 0.717) is 25.9 Å². The molecule has 3 heterocycles. The Morgan fingerprint density at radius 2 is 1.40 bits per heavy atom. The zero-order valence-corrected chi connectivity index (χ0v) is 25.5. The summed E-state index contributed by atoms with van der Waals surface area (Å²) >= 11 is 5.42. The first kappa shape index (κ1) is 29.0. The molecule has 0 aliphatic carbocycles. The number of thioether (sulfide) groups is 1. The molecule has 3 aromatic rings. The van der Waals surface area contributed by atoms with Crippen molar-refractivity contribution in [2.75, 3.05) is 6.61 Å². The molecule has 9 heteroatoms. The average Bonchev–Trinajstić information content (AvgIpc) is 3.62. The van der Waals surface area contributed by atoms with Gasteiger partial charge in [-0.3, -0.25) is 14.4 Å². The van der Waals surface area contributed by atoms with Crippen LogP contribution >= 0.6 is 27.7 Å². The number of alkyl halides is 1. The van der Waals surface area contributed by atoms with Crippen molar-refractivity contribution in [1.29, 1.82) is 0 Å². The van der Waals surface area contributed by atoms with Crippen molar-refractivity contribution in [3.63, 3.8) is 0 Å². The predicted octanol–water partition coefficient (Wildman–Crippen LogP) is 3.69. The van der Waals surface area contributed by atoms with Crippen LogP contribution in [0.2, 0.25) is 0 Å². The highest BCUT2D eigenvalue weighted by Gasteiger charge is 2.76. The fourth-order valence-electron chi connectivity index (χ4n) is 6.98. The van der Waals surface area contributed by atoms with Gasteiger partial charge in [-0.15, -0.1) is 11.8 Å². The summed E-state index contributed by atoms with van der Waals surface area (Å²) in [5.74, 6) is -1.89. The number of likely N-dealkylation sites (tertiary alicyclic amines) is 1. The summed E-state index contributed by atoms with van der Waals surface area (Å²) in [6, 6.07) is 27.6. The van der Waals surface area contributed by atoms with E-state index in [-0.39, 0.29) is 34.4 Å². The lowest BCUT2D eigenvalue weighted by Gasteiger charge is -2.37. The van der Waals surface area contributed by atoms with Crippen LogP contribution in [0.1, 0.15) is 23.1 Å². The van der Waals surface area contributed by atoms with Crippen molar-refractivity contribution in [1.82, 2.24) is 15.5 Å². The van der Waals surface area contributed by atoms with Crippen LogP contribution in [0, 0.1) is 11.8 Å². The fraction of sp³-hybridized carbons (Fsp3) is 0.364. The second-order valence-corrected chi connectivity index (χ2v) is 14.1. The van der Waals surface area contributed by atoms with Crippen molar-refractivity contribution in [3.05, 3.63) is 108 Å². The van der Waals surface area contributed by atoms with Crippen LogP contribution < -0.4 is 10.6 Å². The molecule has 3 aliphatic heterocycles. The molecule has 3 fully saturated rings. The maximum Gasteiger partial charge on any atom is 0.244 e. The molecule has 0 saturated carbocycles. The number of nitrogens with one attached hydrogen (secondary N) is 2. The summed E-state index contributed by atoms with van der Waals surface area (Å²) in [7, 11) is 0. The number of carbonyl (C=O) groups is 3. The summed E-state index contributed by atoms with van der Waals surface area (Å²) in [4.78, 5) is 44.0. The molecular formula is C33H34BrN3O4S. The van der Waals surface area contributed by atoms with Gasteiger partial charge in [0.05, 0.1) is 29.2 Å². The Balaban J connectivity index is 1.33. The van der Waals surface area contributed by atoms with Gasteiger partial charge in [-0.2, -0.15) is 0 Å². The standard InChI is InChI=1S/C33H34BrN3O4S/c34-25-17-33-27(26(28(25)42-33)30(39)35-18-22-12-6-2-7-13-22)32(41)37(24(20-38)16-21-10-4-1-5-11-21)29(33)31(40)36-19-23-14-8-3-9-15-23/h1-15,24-29,38H,16-20H2,(H,35,39)(H,36,40)/t24-,25?,26+,27+,28+,29?,33?/m1/s1. The van der Waals surface area contributed by atoms with E-state index < -0.39 is 28.7 Å². The molecule has 0 aromatic heterocycles. The molecule has 3 aromatic carbocycles. The van der Waals surface area contributed by atoms with Gasteiger partial charge in [0.1, 0.15) is 6.04 Å². The summed E-state index contributed by atoms with van der Waals surface area (Å²) in [5.41, 5.74) is 2.90. The van der Waals surface area contributed by atoms with Gasteiger partial charge in [-0.1, -0.05) is 107 Å². The molecule has 218 valence electrons. The van der Waals surface area contributed by atoms with Crippen molar-refractivity contribution in [3.8, 4) is 0 Å². The first-order chi connectivity index (χ1) is 20.4. The third kappa shape index (κ3) is 5.27. The lowest BCUT2D eigenvalue weighted by atomic mass is 9.70. The smallest absolute Gasteiger partial charge is 0.244 e. The number of halogens is 1. The third-order valence-electron chi connectivity index (χ3n) is 8.82. The van der Waals surface area contributed by atoms with Crippen molar-refractivity contribution >= 4 is 45.4 Å². The molecule has 3 amide bonds. The highest BCUT2D eigenvalue weighted by atomic mass is 79.9. The second kappa shape index (κ2) is 12.2. The molecular weight excluding hydrogens is 614 g/mol. The summed E-state index contributed by atoms with van der Waals surface area (Å²) in [6.07, 6.45) is 0.996. The molecule has 3 saturated heterocycles. The molecule has 7 atom stereocenters. The fourth-order valence-corrected chi connectivity index (χ4v) is 10.6. The van der Waals surface area contributed by atoms with Crippen LogP contribution in [0.5, 0.6) is 0 Å². The lowest BCUT2D eigenvalue weighted by molar-refractivity contribution is -0.142. The van der Waals surface area contributed by atoms with E-state index >= 15 is 0 Å². The number of hydrogen-bond acceptors (Lipinski definition) is 5. The first-order valence-corrected chi connectivity index (χ1v) is 16.1. The van der Waals surface area contributed by atoms with E-state index in [1.54, 1.807) is 16.7 Å². The number of fused-ring (bicyclic) bond motifs is 1. The lowest BCUT2D eigenvalue weighted by Crippen LogP contribution is -2.57. The number of amides is 3. The van der Waals surface area contributed by atoms with Crippen molar-refractivity contribution < 1.29 is 19.5 Å². The molecule has 6 rings (SSSR count). The molecule has 3 N–H and O–H groups in total. The largest absolute Gasteiger partial charge is 0.394 e. The maximum absolute atomic E-state index is 14.5.